The molecule has 0 spiro atoms. The molecule has 4 heteroatoms. The average molecular weight is 272 g/mol. The Morgan fingerprint density at radius 3 is 2.80 bits per heavy atom. The smallest absolute Gasteiger partial charge is 0.337 e. The second-order valence-corrected chi connectivity index (χ2v) is 6.06. The summed E-state index contributed by atoms with van der Waals surface area (Å²) in [6, 6.07) is 5.37. The van der Waals surface area contributed by atoms with Crippen LogP contribution in [-0.4, -0.2) is 20.6 Å². The van der Waals surface area contributed by atoms with Crippen molar-refractivity contribution in [3.8, 4) is 0 Å². The van der Waals surface area contributed by atoms with Gasteiger partial charge in [0.1, 0.15) is 5.82 Å². The molecule has 0 bridgehead atoms. The van der Waals surface area contributed by atoms with Crippen LogP contribution in [0.4, 0.5) is 0 Å². The maximum absolute atomic E-state index is 11.5. The quantitative estimate of drug-likeness (QED) is 0.903. The molecule has 1 heterocycles. The Kier molecular flexibility index (Phi) is 3.24. The van der Waals surface area contributed by atoms with E-state index in [-0.39, 0.29) is 0 Å². The summed E-state index contributed by atoms with van der Waals surface area (Å²) in [4.78, 5) is 16.2. The van der Waals surface area contributed by atoms with Crippen LogP contribution in [-0.2, 0) is 6.54 Å². The maximum atomic E-state index is 11.5. The van der Waals surface area contributed by atoms with Crippen LogP contribution in [0.15, 0.2) is 18.2 Å². The van der Waals surface area contributed by atoms with Gasteiger partial charge in [-0.25, -0.2) is 9.78 Å². The molecule has 4 nitrogen and oxygen atoms in total. The molecule has 1 fully saturated rings. The molecule has 20 heavy (non-hydrogen) atoms. The molecule has 0 aliphatic heterocycles. The van der Waals surface area contributed by atoms with E-state index in [0.717, 1.165) is 29.8 Å². The van der Waals surface area contributed by atoms with E-state index >= 15 is 0 Å². The molecule has 1 aliphatic carbocycles. The molecule has 1 aliphatic rings. The Hall–Kier alpha value is -1.84. The molecule has 0 saturated heterocycles. The van der Waals surface area contributed by atoms with Crippen LogP contribution in [0.1, 0.15) is 55.2 Å². The zero-order chi connectivity index (χ0) is 14.3. The van der Waals surface area contributed by atoms with E-state index in [1.54, 1.807) is 12.1 Å². The molecule has 3 rings (SSSR count). The van der Waals surface area contributed by atoms with E-state index in [9.17, 15) is 9.90 Å². The van der Waals surface area contributed by atoms with Crippen LogP contribution >= 0.6 is 0 Å². The molecule has 1 aromatic carbocycles. The Bertz CT molecular complexity index is 654. The second-order valence-electron chi connectivity index (χ2n) is 6.06. The van der Waals surface area contributed by atoms with Crippen molar-refractivity contribution >= 4 is 17.0 Å². The number of aromatic carboxylic acids is 1. The van der Waals surface area contributed by atoms with Crippen molar-refractivity contribution < 1.29 is 9.90 Å². The predicted molar refractivity (Wildman–Crippen MR) is 78.1 cm³/mol. The highest BCUT2D eigenvalue weighted by molar-refractivity contribution is 6.01. The summed E-state index contributed by atoms with van der Waals surface area (Å²) in [5, 5.41) is 9.41. The summed E-state index contributed by atoms with van der Waals surface area (Å²) in [5.74, 6) is 1.32. The summed E-state index contributed by atoms with van der Waals surface area (Å²) in [6.07, 6.45) is 3.39. The third kappa shape index (κ3) is 2.30. The molecule has 0 radical (unpaired) electrons. The second kappa shape index (κ2) is 4.93. The lowest BCUT2D eigenvalue weighted by Gasteiger charge is -2.11. The lowest BCUT2D eigenvalue weighted by atomic mass is 10.1. The van der Waals surface area contributed by atoms with Crippen molar-refractivity contribution in [1.82, 2.24) is 9.55 Å². The zero-order valence-corrected chi connectivity index (χ0v) is 12.0. The molecule has 0 atom stereocenters. The van der Waals surface area contributed by atoms with Gasteiger partial charge in [0.15, 0.2) is 0 Å². The molecular weight excluding hydrogens is 252 g/mol. The maximum Gasteiger partial charge on any atom is 0.337 e. The summed E-state index contributed by atoms with van der Waals surface area (Å²) in [5.41, 5.74) is 1.98. The first-order chi connectivity index (χ1) is 9.58. The number of aryl methyl sites for hydroxylation is 1. The van der Waals surface area contributed by atoms with Gasteiger partial charge in [0.2, 0.25) is 0 Å². The molecular formula is C16H20N2O2. The molecule has 106 valence electrons. The van der Waals surface area contributed by atoms with Crippen LogP contribution in [0.25, 0.3) is 11.0 Å². The minimum Gasteiger partial charge on any atom is -0.478 e. The van der Waals surface area contributed by atoms with Gasteiger partial charge in [-0.15, -0.1) is 0 Å². The van der Waals surface area contributed by atoms with E-state index in [4.69, 9.17) is 4.98 Å². The monoisotopic (exact) mass is 272 g/mol. The van der Waals surface area contributed by atoms with E-state index < -0.39 is 5.97 Å². The van der Waals surface area contributed by atoms with Gasteiger partial charge >= 0.3 is 5.97 Å². The highest BCUT2D eigenvalue weighted by Crippen LogP contribution is 2.41. The predicted octanol–water partition coefficient (Wildman–Crippen LogP) is 3.66. The Balaban J connectivity index is 2.15. The zero-order valence-electron chi connectivity index (χ0n) is 12.0. The molecule has 1 saturated carbocycles. The first-order valence-electron chi connectivity index (χ1n) is 7.30. The molecule has 1 aromatic heterocycles. The number of imidazole rings is 1. The number of hydrogen-bond acceptors (Lipinski definition) is 2. The largest absolute Gasteiger partial charge is 0.478 e. The Morgan fingerprint density at radius 2 is 2.20 bits per heavy atom. The topological polar surface area (TPSA) is 55.1 Å². The van der Waals surface area contributed by atoms with Gasteiger partial charge in [-0.2, -0.15) is 0 Å². The van der Waals surface area contributed by atoms with Crippen LogP contribution in [0.2, 0.25) is 0 Å². The van der Waals surface area contributed by atoms with Crippen LogP contribution in [0.3, 0.4) is 0 Å². The van der Waals surface area contributed by atoms with Crippen molar-refractivity contribution in [2.75, 3.05) is 0 Å². The fourth-order valence-electron chi connectivity index (χ4n) is 2.64. The van der Waals surface area contributed by atoms with E-state index in [0.29, 0.717) is 17.4 Å². The van der Waals surface area contributed by atoms with E-state index in [1.807, 2.05) is 6.07 Å². The third-order valence-corrected chi connectivity index (χ3v) is 3.90. The minimum absolute atomic E-state index is 0.366. The number of fused-ring (bicyclic) bond motifs is 1. The number of benzene rings is 1. The number of para-hydroxylation sites is 1. The lowest BCUT2D eigenvalue weighted by molar-refractivity contribution is 0.0698. The SMILES string of the molecule is CC(C)CCn1c(C2CC2)nc2cccc(C(=O)O)c21. The normalized spacial score (nSPS) is 15.2. The number of carboxylic acids is 1. The molecule has 0 amide bonds. The van der Waals surface area contributed by atoms with Gasteiger partial charge in [0.05, 0.1) is 16.6 Å². The van der Waals surface area contributed by atoms with Gasteiger partial charge in [-0.1, -0.05) is 19.9 Å². The van der Waals surface area contributed by atoms with Gasteiger partial charge in [-0.05, 0) is 37.3 Å². The van der Waals surface area contributed by atoms with Crippen LogP contribution in [0.5, 0.6) is 0 Å². The van der Waals surface area contributed by atoms with Gasteiger partial charge in [0.25, 0.3) is 0 Å². The molecule has 2 aromatic rings. The number of hydrogen-bond donors (Lipinski definition) is 1. The third-order valence-electron chi connectivity index (χ3n) is 3.90. The van der Waals surface area contributed by atoms with Gasteiger partial charge < -0.3 is 9.67 Å². The van der Waals surface area contributed by atoms with Crippen molar-refractivity contribution in [3.05, 3.63) is 29.6 Å². The van der Waals surface area contributed by atoms with Crippen molar-refractivity contribution in [2.24, 2.45) is 5.92 Å². The highest BCUT2D eigenvalue weighted by Gasteiger charge is 2.30. The fraction of sp³-hybridized carbons (Fsp3) is 0.500. The summed E-state index contributed by atoms with van der Waals surface area (Å²) in [6.45, 7) is 5.23. The van der Waals surface area contributed by atoms with E-state index in [1.165, 1.54) is 12.8 Å². The molecule has 1 N–H and O–H groups in total. The molecule has 0 unspecified atom stereocenters. The Morgan fingerprint density at radius 1 is 1.45 bits per heavy atom. The Labute approximate surface area is 118 Å². The number of nitrogens with zero attached hydrogens (tertiary/aromatic N) is 2. The summed E-state index contributed by atoms with van der Waals surface area (Å²) in [7, 11) is 0. The van der Waals surface area contributed by atoms with Crippen molar-refractivity contribution in [3.63, 3.8) is 0 Å². The first kappa shape index (κ1) is 13.2. The highest BCUT2D eigenvalue weighted by atomic mass is 16.4. The number of rotatable bonds is 5. The number of carbonyl (C=O) groups is 1. The number of carboxylic acid groups (broad SMARTS) is 1. The van der Waals surface area contributed by atoms with Gasteiger partial charge in [-0.3, -0.25) is 0 Å². The number of aromatic nitrogens is 2. The van der Waals surface area contributed by atoms with Crippen molar-refractivity contribution in [2.45, 2.75) is 45.6 Å². The summed E-state index contributed by atoms with van der Waals surface area (Å²) < 4.78 is 2.15. The van der Waals surface area contributed by atoms with Gasteiger partial charge in [0, 0.05) is 12.5 Å². The summed E-state index contributed by atoms with van der Waals surface area (Å²) >= 11 is 0. The van der Waals surface area contributed by atoms with Crippen molar-refractivity contribution in [1.29, 1.82) is 0 Å². The van der Waals surface area contributed by atoms with Crippen LogP contribution in [0, 0.1) is 5.92 Å². The standard InChI is InChI=1S/C16H20N2O2/c1-10(2)8-9-18-14-12(16(19)20)4-3-5-13(14)17-15(18)11-6-7-11/h3-5,10-11H,6-9H2,1-2H3,(H,19,20). The van der Waals surface area contributed by atoms with Crippen LogP contribution < -0.4 is 0 Å². The minimum atomic E-state index is -0.872. The fourth-order valence-corrected chi connectivity index (χ4v) is 2.64. The average Bonchev–Trinajstić information content (AvgIpc) is 3.17. The first-order valence-corrected chi connectivity index (χ1v) is 7.30. The van der Waals surface area contributed by atoms with E-state index in [2.05, 4.69) is 18.4 Å². The lowest BCUT2D eigenvalue weighted by Crippen LogP contribution is -2.08.